The van der Waals surface area contributed by atoms with E-state index in [1.54, 1.807) is 11.3 Å². The zero-order valence-electron chi connectivity index (χ0n) is 7.20. The number of halogens is 2. The minimum Gasteiger partial charge on any atom is -0.323 e. The van der Waals surface area contributed by atoms with Gasteiger partial charge >= 0.3 is 0 Å². The molecule has 74 valence electrons. The van der Waals surface area contributed by atoms with E-state index in [1.165, 1.54) is 0 Å². The number of thiophene rings is 1. The summed E-state index contributed by atoms with van der Waals surface area (Å²) in [4.78, 5) is 1.08. The zero-order valence-corrected chi connectivity index (χ0v) is 9.59. The molecule has 0 aliphatic rings. The summed E-state index contributed by atoms with van der Waals surface area (Å²) in [5.74, 6) is 0. The molecule has 1 aromatic heterocycles. The van der Waals surface area contributed by atoms with Crippen LogP contribution in [0.15, 0.2) is 24.1 Å². The molecule has 0 bridgehead atoms. The Bertz CT molecular complexity index is 260. The first-order valence-corrected chi connectivity index (χ1v) is 5.11. The molecule has 0 aliphatic heterocycles. The highest BCUT2D eigenvalue weighted by molar-refractivity contribution is 7.10. The van der Waals surface area contributed by atoms with Crippen molar-refractivity contribution in [1.29, 1.82) is 0 Å². The predicted molar refractivity (Wildman–Crippen MR) is 62.9 cm³/mol. The SMILES string of the molecule is C=CCC[C@@H](N)c1sccc1Cl.Cl. The summed E-state index contributed by atoms with van der Waals surface area (Å²) in [7, 11) is 0. The lowest BCUT2D eigenvalue weighted by Gasteiger charge is -2.07. The van der Waals surface area contributed by atoms with Crippen LogP contribution < -0.4 is 5.73 Å². The molecule has 0 aliphatic carbocycles. The zero-order chi connectivity index (χ0) is 8.97. The number of hydrogen-bond acceptors (Lipinski definition) is 2. The van der Waals surface area contributed by atoms with E-state index in [4.69, 9.17) is 17.3 Å². The van der Waals surface area contributed by atoms with Gasteiger partial charge in [0, 0.05) is 10.9 Å². The maximum atomic E-state index is 5.92. The van der Waals surface area contributed by atoms with Gasteiger partial charge in [0.1, 0.15) is 0 Å². The van der Waals surface area contributed by atoms with Crippen molar-refractivity contribution in [3.63, 3.8) is 0 Å². The van der Waals surface area contributed by atoms with Gasteiger partial charge in [-0.05, 0) is 24.3 Å². The Labute approximate surface area is 94.0 Å². The van der Waals surface area contributed by atoms with Gasteiger partial charge in [0.05, 0.1) is 5.02 Å². The number of hydrogen-bond donors (Lipinski definition) is 1. The Kier molecular flexibility index (Phi) is 6.43. The average molecular weight is 238 g/mol. The molecule has 2 N–H and O–H groups in total. The molecular formula is C9H13Cl2NS. The summed E-state index contributed by atoms with van der Waals surface area (Å²) in [5, 5.41) is 2.75. The number of rotatable bonds is 4. The van der Waals surface area contributed by atoms with Crippen LogP contribution in [0.25, 0.3) is 0 Å². The number of allylic oxidation sites excluding steroid dienone is 1. The third kappa shape index (κ3) is 3.69. The van der Waals surface area contributed by atoms with Crippen LogP contribution in [0, 0.1) is 0 Å². The average Bonchev–Trinajstić information content (AvgIpc) is 2.47. The van der Waals surface area contributed by atoms with E-state index < -0.39 is 0 Å². The van der Waals surface area contributed by atoms with Gasteiger partial charge in [0.15, 0.2) is 0 Å². The van der Waals surface area contributed by atoms with Gasteiger partial charge in [-0.3, -0.25) is 0 Å². The topological polar surface area (TPSA) is 26.0 Å². The normalized spacial score (nSPS) is 11.8. The monoisotopic (exact) mass is 237 g/mol. The molecule has 1 heterocycles. The molecule has 0 saturated heterocycles. The van der Waals surface area contributed by atoms with Crippen molar-refractivity contribution in [3.05, 3.63) is 34.0 Å². The molecule has 1 aromatic rings. The van der Waals surface area contributed by atoms with Crippen LogP contribution in [0.5, 0.6) is 0 Å². The molecule has 0 unspecified atom stereocenters. The fourth-order valence-electron chi connectivity index (χ4n) is 0.998. The second-order valence-corrected chi connectivity index (χ2v) is 3.96. The summed E-state index contributed by atoms with van der Waals surface area (Å²) in [6.45, 7) is 3.65. The third-order valence-electron chi connectivity index (χ3n) is 1.66. The molecule has 0 spiro atoms. The van der Waals surface area contributed by atoms with Crippen molar-refractivity contribution in [1.82, 2.24) is 0 Å². The Morgan fingerprint density at radius 1 is 1.69 bits per heavy atom. The van der Waals surface area contributed by atoms with Gasteiger partial charge in [-0.1, -0.05) is 17.7 Å². The van der Waals surface area contributed by atoms with Crippen molar-refractivity contribution in [2.45, 2.75) is 18.9 Å². The van der Waals surface area contributed by atoms with Crippen LogP contribution in [-0.2, 0) is 0 Å². The first-order chi connectivity index (χ1) is 5.75. The van der Waals surface area contributed by atoms with Gasteiger partial charge in [0.25, 0.3) is 0 Å². The number of nitrogens with two attached hydrogens (primary N) is 1. The maximum Gasteiger partial charge on any atom is 0.0561 e. The Balaban J connectivity index is 0.00000144. The molecule has 0 saturated carbocycles. The quantitative estimate of drug-likeness (QED) is 0.793. The summed E-state index contributed by atoms with van der Waals surface area (Å²) >= 11 is 7.54. The van der Waals surface area contributed by atoms with Gasteiger partial charge in [-0.15, -0.1) is 30.3 Å². The van der Waals surface area contributed by atoms with E-state index in [1.807, 2.05) is 17.5 Å². The highest BCUT2D eigenvalue weighted by atomic mass is 35.5. The molecule has 1 atom stereocenters. The lowest BCUT2D eigenvalue weighted by atomic mass is 10.1. The first-order valence-electron chi connectivity index (χ1n) is 3.85. The highest BCUT2D eigenvalue weighted by Gasteiger charge is 2.09. The van der Waals surface area contributed by atoms with Gasteiger partial charge in [0.2, 0.25) is 0 Å². The largest absolute Gasteiger partial charge is 0.323 e. The van der Waals surface area contributed by atoms with Crippen molar-refractivity contribution in [2.75, 3.05) is 0 Å². The van der Waals surface area contributed by atoms with E-state index in [0.29, 0.717) is 0 Å². The van der Waals surface area contributed by atoms with Gasteiger partial charge in [-0.2, -0.15) is 0 Å². The molecular weight excluding hydrogens is 225 g/mol. The summed E-state index contributed by atoms with van der Waals surface area (Å²) in [6.07, 6.45) is 3.74. The Hall–Kier alpha value is -0.0200. The van der Waals surface area contributed by atoms with Gasteiger partial charge in [-0.25, -0.2) is 0 Å². The van der Waals surface area contributed by atoms with Crippen LogP contribution >= 0.6 is 35.3 Å². The molecule has 4 heteroatoms. The van der Waals surface area contributed by atoms with Crippen molar-refractivity contribution >= 4 is 35.3 Å². The second kappa shape index (κ2) is 6.44. The smallest absolute Gasteiger partial charge is 0.0561 e. The molecule has 1 rings (SSSR count). The predicted octanol–water partition coefficient (Wildman–Crippen LogP) is 3.79. The maximum absolute atomic E-state index is 5.92. The highest BCUT2D eigenvalue weighted by Crippen LogP contribution is 2.29. The molecule has 0 amide bonds. The molecule has 0 fully saturated rings. The van der Waals surface area contributed by atoms with Crippen molar-refractivity contribution in [2.24, 2.45) is 5.73 Å². The van der Waals surface area contributed by atoms with Crippen molar-refractivity contribution in [3.8, 4) is 0 Å². The fraction of sp³-hybridized carbons (Fsp3) is 0.333. The van der Waals surface area contributed by atoms with Crippen LogP contribution in [0.2, 0.25) is 5.02 Å². The first kappa shape index (κ1) is 13.0. The standard InChI is InChI=1S/C9H12ClNS.ClH/c1-2-3-4-8(11)9-7(10)5-6-12-9;/h2,5-6,8H,1,3-4,11H2;1H/t8-;/m1./s1. The third-order valence-corrected chi connectivity index (χ3v) is 3.15. The van der Waals surface area contributed by atoms with Crippen LogP contribution in [0.3, 0.4) is 0 Å². The second-order valence-electron chi connectivity index (χ2n) is 2.61. The van der Waals surface area contributed by atoms with Crippen LogP contribution in [0.4, 0.5) is 0 Å². The minimum absolute atomic E-state index is 0. The van der Waals surface area contributed by atoms with E-state index in [-0.39, 0.29) is 18.4 Å². The Morgan fingerprint density at radius 2 is 2.38 bits per heavy atom. The van der Waals surface area contributed by atoms with Gasteiger partial charge < -0.3 is 5.73 Å². The lowest BCUT2D eigenvalue weighted by Crippen LogP contribution is -2.08. The van der Waals surface area contributed by atoms with Crippen LogP contribution in [-0.4, -0.2) is 0 Å². The molecule has 0 radical (unpaired) electrons. The van der Waals surface area contributed by atoms with E-state index in [2.05, 4.69) is 6.58 Å². The van der Waals surface area contributed by atoms with E-state index >= 15 is 0 Å². The van der Waals surface area contributed by atoms with E-state index in [9.17, 15) is 0 Å². The van der Waals surface area contributed by atoms with Crippen LogP contribution in [0.1, 0.15) is 23.8 Å². The summed E-state index contributed by atoms with van der Waals surface area (Å²) in [5.41, 5.74) is 5.90. The minimum atomic E-state index is 0. The summed E-state index contributed by atoms with van der Waals surface area (Å²) in [6, 6.07) is 1.95. The molecule has 0 aromatic carbocycles. The Morgan fingerprint density at radius 3 is 2.85 bits per heavy atom. The summed E-state index contributed by atoms with van der Waals surface area (Å²) < 4.78 is 0. The van der Waals surface area contributed by atoms with E-state index in [0.717, 1.165) is 22.7 Å². The fourth-order valence-corrected chi connectivity index (χ4v) is 2.23. The van der Waals surface area contributed by atoms with Crippen molar-refractivity contribution < 1.29 is 0 Å². The molecule has 13 heavy (non-hydrogen) atoms. The molecule has 1 nitrogen and oxygen atoms in total. The lowest BCUT2D eigenvalue weighted by molar-refractivity contribution is 0.673.